The van der Waals surface area contributed by atoms with Crippen LogP contribution in [0, 0.1) is 0 Å². The Hall–Kier alpha value is -1.39. The van der Waals surface area contributed by atoms with Gasteiger partial charge in [0, 0.05) is 48.6 Å². The van der Waals surface area contributed by atoms with Crippen molar-refractivity contribution < 1.29 is 0 Å². The molecule has 0 fully saturated rings. The van der Waals surface area contributed by atoms with Gasteiger partial charge in [0.25, 0.3) is 0 Å². The highest BCUT2D eigenvalue weighted by molar-refractivity contribution is 9.10. The third kappa shape index (κ3) is 3.78. The van der Waals surface area contributed by atoms with E-state index in [1.807, 2.05) is 26.2 Å². The molecule has 2 N–H and O–H groups in total. The van der Waals surface area contributed by atoms with Crippen molar-refractivity contribution in [3.63, 3.8) is 0 Å². The summed E-state index contributed by atoms with van der Waals surface area (Å²) in [7, 11) is 4.06. The number of anilines is 1. The van der Waals surface area contributed by atoms with E-state index in [0.29, 0.717) is 0 Å². The second kappa shape index (κ2) is 6.17. The Morgan fingerprint density at radius 2 is 1.84 bits per heavy atom. The van der Waals surface area contributed by atoms with Gasteiger partial charge in [0.1, 0.15) is 0 Å². The highest BCUT2D eigenvalue weighted by Gasteiger charge is 2.08. The molecular weight excluding hydrogens is 302 g/mol. The summed E-state index contributed by atoms with van der Waals surface area (Å²) in [6.45, 7) is 0. The van der Waals surface area contributed by atoms with Crippen LogP contribution in [-0.2, 0) is 6.42 Å². The van der Waals surface area contributed by atoms with E-state index >= 15 is 0 Å². The number of nitrogens with two attached hydrogens (primary N) is 1. The van der Waals surface area contributed by atoms with Crippen molar-refractivity contribution in [1.82, 2.24) is 4.98 Å². The SMILES string of the molecule is CN(C)c1ccc(C(N)Cc2ccc(Br)cn2)cc1. The Kier molecular flexibility index (Phi) is 4.56. The van der Waals surface area contributed by atoms with Gasteiger partial charge in [-0.2, -0.15) is 0 Å². The van der Waals surface area contributed by atoms with Crippen molar-refractivity contribution in [3.05, 3.63) is 58.3 Å². The molecule has 0 aliphatic carbocycles. The topological polar surface area (TPSA) is 42.1 Å². The zero-order chi connectivity index (χ0) is 13.8. The molecule has 1 aromatic carbocycles. The van der Waals surface area contributed by atoms with E-state index in [4.69, 9.17) is 5.73 Å². The summed E-state index contributed by atoms with van der Waals surface area (Å²) >= 11 is 3.38. The maximum atomic E-state index is 6.23. The van der Waals surface area contributed by atoms with Crippen molar-refractivity contribution in [3.8, 4) is 0 Å². The summed E-state index contributed by atoms with van der Waals surface area (Å²) in [5.74, 6) is 0. The molecule has 1 unspecified atom stereocenters. The molecule has 0 saturated heterocycles. The number of pyridine rings is 1. The molecule has 0 saturated carbocycles. The van der Waals surface area contributed by atoms with E-state index in [1.54, 1.807) is 6.20 Å². The standard InChI is InChI=1S/C15H18BrN3/c1-19(2)14-7-3-11(4-8-14)15(17)9-13-6-5-12(16)10-18-13/h3-8,10,15H,9,17H2,1-2H3. The van der Waals surface area contributed by atoms with Crippen LogP contribution >= 0.6 is 15.9 Å². The van der Waals surface area contributed by atoms with Crippen LogP contribution in [0.4, 0.5) is 5.69 Å². The van der Waals surface area contributed by atoms with Crippen LogP contribution in [0.15, 0.2) is 47.1 Å². The lowest BCUT2D eigenvalue weighted by molar-refractivity contribution is 0.706. The largest absolute Gasteiger partial charge is 0.378 e. The van der Waals surface area contributed by atoms with Gasteiger partial charge >= 0.3 is 0 Å². The van der Waals surface area contributed by atoms with Crippen LogP contribution in [0.5, 0.6) is 0 Å². The van der Waals surface area contributed by atoms with Crippen molar-refractivity contribution in [2.45, 2.75) is 12.5 Å². The van der Waals surface area contributed by atoms with Crippen LogP contribution in [0.25, 0.3) is 0 Å². The predicted molar refractivity (Wildman–Crippen MR) is 83.3 cm³/mol. The highest BCUT2D eigenvalue weighted by Crippen LogP contribution is 2.19. The molecule has 1 heterocycles. The van der Waals surface area contributed by atoms with Crippen molar-refractivity contribution in [2.75, 3.05) is 19.0 Å². The lowest BCUT2D eigenvalue weighted by Crippen LogP contribution is -2.14. The minimum absolute atomic E-state index is 0.0233. The van der Waals surface area contributed by atoms with E-state index in [1.165, 1.54) is 5.69 Å². The molecule has 1 aromatic heterocycles. The minimum atomic E-state index is -0.0233. The van der Waals surface area contributed by atoms with Gasteiger partial charge in [-0.05, 0) is 45.8 Å². The van der Waals surface area contributed by atoms with Gasteiger partial charge in [-0.1, -0.05) is 12.1 Å². The minimum Gasteiger partial charge on any atom is -0.378 e. The Bertz CT molecular complexity index is 520. The molecule has 0 amide bonds. The van der Waals surface area contributed by atoms with Gasteiger partial charge in [0.2, 0.25) is 0 Å². The Morgan fingerprint density at radius 3 is 2.37 bits per heavy atom. The zero-order valence-electron chi connectivity index (χ0n) is 11.2. The molecule has 4 heteroatoms. The van der Waals surface area contributed by atoms with Crippen LogP contribution < -0.4 is 10.6 Å². The smallest absolute Gasteiger partial charge is 0.0423 e. The number of halogens is 1. The van der Waals surface area contributed by atoms with E-state index in [2.05, 4.69) is 50.1 Å². The van der Waals surface area contributed by atoms with Crippen LogP contribution in [0.3, 0.4) is 0 Å². The van der Waals surface area contributed by atoms with Crippen LogP contribution in [0.2, 0.25) is 0 Å². The van der Waals surface area contributed by atoms with E-state index in [-0.39, 0.29) is 6.04 Å². The van der Waals surface area contributed by atoms with Gasteiger partial charge in [0.15, 0.2) is 0 Å². The summed E-state index contributed by atoms with van der Waals surface area (Å²) < 4.78 is 0.986. The Balaban J connectivity index is 2.07. The predicted octanol–water partition coefficient (Wildman–Crippen LogP) is 3.15. The van der Waals surface area contributed by atoms with E-state index in [0.717, 1.165) is 22.2 Å². The summed E-state index contributed by atoms with van der Waals surface area (Å²) in [5.41, 5.74) is 9.55. The number of hydrogen-bond acceptors (Lipinski definition) is 3. The molecule has 100 valence electrons. The number of benzene rings is 1. The monoisotopic (exact) mass is 319 g/mol. The van der Waals surface area contributed by atoms with E-state index < -0.39 is 0 Å². The quantitative estimate of drug-likeness (QED) is 0.941. The van der Waals surface area contributed by atoms with Crippen LogP contribution in [0.1, 0.15) is 17.3 Å². The first-order valence-electron chi connectivity index (χ1n) is 6.19. The fourth-order valence-electron chi connectivity index (χ4n) is 1.89. The Morgan fingerprint density at radius 1 is 1.16 bits per heavy atom. The maximum Gasteiger partial charge on any atom is 0.0423 e. The third-order valence-corrected chi connectivity index (χ3v) is 3.52. The molecular formula is C15H18BrN3. The normalized spacial score (nSPS) is 12.2. The van der Waals surface area contributed by atoms with Crippen molar-refractivity contribution in [2.24, 2.45) is 5.73 Å². The average Bonchev–Trinajstić information content (AvgIpc) is 2.41. The lowest BCUT2D eigenvalue weighted by atomic mass is 10.0. The number of hydrogen-bond donors (Lipinski definition) is 1. The second-order valence-corrected chi connectivity index (χ2v) is 5.68. The summed E-state index contributed by atoms with van der Waals surface area (Å²) in [6, 6.07) is 12.3. The zero-order valence-corrected chi connectivity index (χ0v) is 12.8. The molecule has 2 aromatic rings. The first-order chi connectivity index (χ1) is 9.06. The molecule has 1 atom stereocenters. The van der Waals surface area contributed by atoms with Gasteiger partial charge in [-0.25, -0.2) is 0 Å². The highest BCUT2D eigenvalue weighted by atomic mass is 79.9. The van der Waals surface area contributed by atoms with Gasteiger partial charge < -0.3 is 10.6 Å². The third-order valence-electron chi connectivity index (χ3n) is 3.06. The molecule has 2 rings (SSSR count). The molecule has 19 heavy (non-hydrogen) atoms. The fourth-order valence-corrected chi connectivity index (χ4v) is 2.12. The molecule has 3 nitrogen and oxygen atoms in total. The van der Waals surface area contributed by atoms with Crippen molar-refractivity contribution >= 4 is 21.6 Å². The number of rotatable bonds is 4. The molecule has 0 bridgehead atoms. The van der Waals surface area contributed by atoms with E-state index in [9.17, 15) is 0 Å². The lowest BCUT2D eigenvalue weighted by Gasteiger charge is -2.15. The van der Waals surface area contributed by atoms with Crippen molar-refractivity contribution in [1.29, 1.82) is 0 Å². The molecule has 0 aliphatic rings. The summed E-state index contributed by atoms with van der Waals surface area (Å²) in [6.07, 6.45) is 2.55. The first kappa shape index (κ1) is 14.0. The summed E-state index contributed by atoms with van der Waals surface area (Å²) in [5, 5.41) is 0. The maximum absolute atomic E-state index is 6.23. The van der Waals surface area contributed by atoms with Gasteiger partial charge in [-0.3, -0.25) is 4.98 Å². The fraction of sp³-hybridized carbons (Fsp3) is 0.267. The number of nitrogens with zero attached hydrogens (tertiary/aromatic N) is 2. The van der Waals surface area contributed by atoms with Crippen LogP contribution in [-0.4, -0.2) is 19.1 Å². The molecule has 0 aliphatic heterocycles. The summed E-state index contributed by atoms with van der Waals surface area (Å²) in [4.78, 5) is 6.43. The average molecular weight is 320 g/mol. The second-order valence-electron chi connectivity index (χ2n) is 4.76. The number of aromatic nitrogens is 1. The molecule has 0 radical (unpaired) electrons. The van der Waals surface area contributed by atoms with Gasteiger partial charge in [-0.15, -0.1) is 0 Å². The first-order valence-corrected chi connectivity index (χ1v) is 6.99. The Labute approximate surface area is 122 Å². The van der Waals surface area contributed by atoms with Gasteiger partial charge in [0.05, 0.1) is 0 Å². The molecule has 0 spiro atoms.